The Morgan fingerprint density at radius 1 is 0.923 bits per heavy atom. The van der Waals surface area contributed by atoms with E-state index in [0.29, 0.717) is 17.9 Å². The Morgan fingerprint density at radius 2 is 1.54 bits per heavy atom. The monoisotopic (exact) mass is 349 g/mol. The molecule has 2 aliphatic rings. The lowest BCUT2D eigenvalue weighted by molar-refractivity contribution is -0.144. The molecule has 2 saturated heterocycles. The molecule has 4 rings (SSSR count). The molecule has 1 unspecified atom stereocenters. The average molecular weight is 349 g/mol. The van der Waals surface area contributed by atoms with E-state index in [4.69, 9.17) is 0 Å². The van der Waals surface area contributed by atoms with E-state index in [1.54, 1.807) is 0 Å². The predicted molar refractivity (Wildman–Crippen MR) is 103 cm³/mol. The third-order valence-corrected chi connectivity index (χ3v) is 6.32. The number of piperidine rings is 2. The highest BCUT2D eigenvalue weighted by molar-refractivity contribution is 5.70. The van der Waals surface area contributed by atoms with E-state index in [9.17, 15) is 9.90 Å². The van der Waals surface area contributed by atoms with E-state index in [2.05, 4.69) is 65.6 Å². The fourth-order valence-corrected chi connectivity index (χ4v) is 5.00. The largest absolute Gasteiger partial charge is 0.481 e. The van der Waals surface area contributed by atoms with Gasteiger partial charge < -0.3 is 5.11 Å². The Balaban J connectivity index is 1.56. The molecule has 2 heterocycles. The van der Waals surface area contributed by atoms with E-state index < -0.39 is 5.97 Å². The molecule has 3 atom stereocenters. The van der Waals surface area contributed by atoms with Crippen molar-refractivity contribution in [2.45, 2.75) is 37.6 Å². The molecule has 0 bridgehead atoms. The van der Waals surface area contributed by atoms with Crippen LogP contribution in [0, 0.1) is 11.8 Å². The molecule has 0 spiro atoms. The highest BCUT2D eigenvalue weighted by Gasteiger charge is 2.38. The number of rotatable bonds is 4. The van der Waals surface area contributed by atoms with Crippen LogP contribution in [0.25, 0.3) is 0 Å². The first-order valence-electron chi connectivity index (χ1n) is 9.79. The molecule has 3 nitrogen and oxygen atoms in total. The number of aliphatic carboxylic acids is 1. The quantitative estimate of drug-likeness (QED) is 0.890. The van der Waals surface area contributed by atoms with Gasteiger partial charge in [0.15, 0.2) is 0 Å². The lowest BCUT2D eigenvalue weighted by atomic mass is 9.72. The van der Waals surface area contributed by atoms with E-state index in [1.807, 2.05) is 0 Å². The Labute approximate surface area is 155 Å². The number of carbonyl (C=O) groups is 1. The predicted octanol–water partition coefficient (Wildman–Crippen LogP) is 4.39. The van der Waals surface area contributed by atoms with Crippen molar-refractivity contribution in [1.82, 2.24) is 4.90 Å². The summed E-state index contributed by atoms with van der Waals surface area (Å²) < 4.78 is 0. The summed E-state index contributed by atoms with van der Waals surface area (Å²) in [7, 11) is 0. The van der Waals surface area contributed by atoms with Gasteiger partial charge in [-0.3, -0.25) is 9.69 Å². The minimum absolute atomic E-state index is 0.179. The molecule has 0 saturated carbocycles. The van der Waals surface area contributed by atoms with Gasteiger partial charge >= 0.3 is 5.97 Å². The molecular formula is C23H27NO2. The number of nitrogens with zero attached hydrogens (tertiary/aromatic N) is 1. The Kier molecular flexibility index (Phi) is 5.07. The summed E-state index contributed by atoms with van der Waals surface area (Å²) >= 11 is 0. The number of hydrogen-bond acceptors (Lipinski definition) is 2. The number of benzene rings is 2. The van der Waals surface area contributed by atoms with Crippen LogP contribution < -0.4 is 0 Å². The molecule has 3 heteroatoms. The van der Waals surface area contributed by atoms with Crippen LogP contribution in [0.4, 0.5) is 0 Å². The molecule has 2 aliphatic heterocycles. The van der Waals surface area contributed by atoms with Crippen molar-refractivity contribution >= 4 is 5.97 Å². The minimum atomic E-state index is -0.628. The maximum absolute atomic E-state index is 11.3. The summed E-state index contributed by atoms with van der Waals surface area (Å²) in [5, 5.41) is 9.34. The zero-order valence-corrected chi connectivity index (χ0v) is 15.1. The molecule has 26 heavy (non-hydrogen) atoms. The third kappa shape index (κ3) is 3.54. The summed E-state index contributed by atoms with van der Waals surface area (Å²) in [6.07, 6.45) is 4.15. The van der Waals surface area contributed by atoms with Crippen LogP contribution in [0.5, 0.6) is 0 Å². The highest BCUT2D eigenvalue weighted by Crippen LogP contribution is 2.42. The Hall–Kier alpha value is -2.13. The fraction of sp³-hybridized carbons (Fsp3) is 0.435. The van der Waals surface area contributed by atoms with E-state index >= 15 is 0 Å². The van der Waals surface area contributed by atoms with Gasteiger partial charge in [0, 0.05) is 18.5 Å². The van der Waals surface area contributed by atoms with Crippen LogP contribution in [0.15, 0.2) is 60.7 Å². The number of carboxylic acid groups (broad SMARTS) is 1. The molecule has 2 aromatic rings. The van der Waals surface area contributed by atoms with Crippen molar-refractivity contribution < 1.29 is 9.90 Å². The topological polar surface area (TPSA) is 40.5 Å². The van der Waals surface area contributed by atoms with Gasteiger partial charge in [0.1, 0.15) is 0 Å². The van der Waals surface area contributed by atoms with Crippen LogP contribution in [-0.4, -0.2) is 35.1 Å². The molecule has 0 aliphatic carbocycles. The smallest absolute Gasteiger partial charge is 0.307 e. The van der Waals surface area contributed by atoms with Crippen molar-refractivity contribution in [3.63, 3.8) is 0 Å². The lowest BCUT2D eigenvalue weighted by Gasteiger charge is -2.46. The van der Waals surface area contributed by atoms with Gasteiger partial charge in [0.05, 0.1) is 5.92 Å². The first-order valence-corrected chi connectivity index (χ1v) is 9.79. The summed E-state index contributed by atoms with van der Waals surface area (Å²) in [5.74, 6) is 0.234. The minimum Gasteiger partial charge on any atom is -0.481 e. The summed E-state index contributed by atoms with van der Waals surface area (Å²) in [5.41, 5.74) is 2.80. The van der Waals surface area contributed by atoms with Gasteiger partial charge in [-0.1, -0.05) is 60.7 Å². The number of fused-ring (bicyclic) bond motifs is 1. The van der Waals surface area contributed by atoms with Crippen LogP contribution in [0.2, 0.25) is 0 Å². The molecule has 0 radical (unpaired) electrons. The maximum atomic E-state index is 11.3. The summed E-state index contributed by atoms with van der Waals surface area (Å²) in [4.78, 5) is 13.8. The van der Waals surface area contributed by atoms with Gasteiger partial charge in [0.25, 0.3) is 0 Å². The van der Waals surface area contributed by atoms with Crippen molar-refractivity contribution in [3.05, 3.63) is 71.8 Å². The molecule has 0 amide bonds. The van der Waals surface area contributed by atoms with Crippen molar-refractivity contribution in [2.75, 3.05) is 13.1 Å². The zero-order valence-electron chi connectivity index (χ0n) is 15.1. The summed E-state index contributed by atoms with van der Waals surface area (Å²) in [6, 6.07) is 22.3. The lowest BCUT2D eigenvalue weighted by Crippen LogP contribution is -2.50. The Morgan fingerprint density at radius 3 is 2.12 bits per heavy atom. The SMILES string of the molecule is O=C(O)[C@@H]1CCC2C[C@@H](C(c3ccccc3)c3ccccc3)CCN2C1. The van der Waals surface area contributed by atoms with Crippen molar-refractivity contribution in [3.8, 4) is 0 Å². The van der Waals surface area contributed by atoms with Gasteiger partial charge in [-0.05, 0) is 49.3 Å². The summed E-state index contributed by atoms with van der Waals surface area (Å²) in [6.45, 7) is 1.75. The number of carboxylic acids is 1. The van der Waals surface area contributed by atoms with Crippen molar-refractivity contribution in [2.24, 2.45) is 11.8 Å². The average Bonchev–Trinajstić information content (AvgIpc) is 2.69. The van der Waals surface area contributed by atoms with Crippen LogP contribution in [-0.2, 0) is 4.79 Å². The molecule has 2 fully saturated rings. The molecular weight excluding hydrogens is 322 g/mol. The van der Waals surface area contributed by atoms with E-state index in [1.165, 1.54) is 17.5 Å². The second-order valence-corrected chi connectivity index (χ2v) is 7.84. The molecule has 2 aromatic carbocycles. The van der Waals surface area contributed by atoms with E-state index in [0.717, 1.165) is 32.4 Å². The standard InChI is InChI=1S/C23H27NO2/c25-23(26)20-11-12-21-15-19(13-14-24(21)16-20)22(17-7-3-1-4-8-17)18-9-5-2-6-10-18/h1-10,19-22H,11-16H2,(H,25,26)/t19-,20+,21?/m0/s1. The number of hydrogen-bond donors (Lipinski definition) is 1. The second-order valence-electron chi connectivity index (χ2n) is 7.84. The normalized spacial score (nSPS) is 26.4. The first kappa shape index (κ1) is 17.3. The molecule has 1 N–H and O–H groups in total. The van der Waals surface area contributed by atoms with Gasteiger partial charge in [-0.25, -0.2) is 0 Å². The van der Waals surface area contributed by atoms with Crippen molar-refractivity contribution in [1.29, 1.82) is 0 Å². The zero-order chi connectivity index (χ0) is 17.9. The van der Waals surface area contributed by atoms with Gasteiger partial charge in [0.2, 0.25) is 0 Å². The fourth-order valence-electron chi connectivity index (χ4n) is 5.00. The van der Waals surface area contributed by atoms with Crippen LogP contribution >= 0.6 is 0 Å². The van der Waals surface area contributed by atoms with Gasteiger partial charge in [-0.15, -0.1) is 0 Å². The maximum Gasteiger partial charge on any atom is 0.307 e. The third-order valence-electron chi connectivity index (χ3n) is 6.32. The highest BCUT2D eigenvalue weighted by atomic mass is 16.4. The Bertz CT molecular complexity index is 691. The van der Waals surface area contributed by atoms with Gasteiger partial charge in [-0.2, -0.15) is 0 Å². The van der Waals surface area contributed by atoms with E-state index in [-0.39, 0.29) is 5.92 Å². The van der Waals surface area contributed by atoms with Crippen LogP contribution in [0.3, 0.4) is 0 Å². The first-order chi connectivity index (χ1) is 12.7. The van der Waals surface area contributed by atoms with Crippen LogP contribution in [0.1, 0.15) is 42.7 Å². The second kappa shape index (κ2) is 7.63. The molecule has 136 valence electrons. The molecule has 0 aromatic heterocycles.